The molecule has 0 aliphatic carbocycles. The number of hydrogen-bond donors (Lipinski definition) is 2. The third kappa shape index (κ3) is 2.35. The maximum Gasteiger partial charge on any atom is 0.337 e. The van der Waals surface area contributed by atoms with Crippen LogP contribution in [0.25, 0.3) is 0 Å². The second-order valence-corrected chi connectivity index (χ2v) is 5.20. The van der Waals surface area contributed by atoms with Gasteiger partial charge in [-0.1, -0.05) is 11.6 Å². The number of carboxylic acid groups (broad SMARTS) is 1. The van der Waals surface area contributed by atoms with E-state index in [1.807, 2.05) is 0 Å². The molecular formula is C12H14ClN3O3. The molecule has 1 aromatic rings. The molecule has 102 valence electrons. The van der Waals surface area contributed by atoms with Gasteiger partial charge in [-0.2, -0.15) is 0 Å². The highest BCUT2D eigenvalue weighted by Gasteiger charge is 2.38. The summed E-state index contributed by atoms with van der Waals surface area (Å²) in [4.78, 5) is 28.8. The first-order valence-corrected chi connectivity index (χ1v) is 6.16. The van der Waals surface area contributed by atoms with Crippen LogP contribution in [0.15, 0.2) is 12.3 Å². The van der Waals surface area contributed by atoms with Gasteiger partial charge >= 0.3 is 5.97 Å². The maximum atomic E-state index is 11.9. The molecule has 2 rings (SSSR count). The van der Waals surface area contributed by atoms with Crippen molar-refractivity contribution in [2.24, 2.45) is 0 Å². The smallest absolute Gasteiger partial charge is 0.337 e. The van der Waals surface area contributed by atoms with E-state index in [9.17, 15) is 9.59 Å². The monoisotopic (exact) mass is 283 g/mol. The van der Waals surface area contributed by atoms with Crippen LogP contribution in [0.3, 0.4) is 0 Å². The van der Waals surface area contributed by atoms with Crippen LogP contribution < -0.4 is 10.2 Å². The molecule has 1 aromatic heterocycles. The van der Waals surface area contributed by atoms with Gasteiger partial charge in [0.05, 0.1) is 10.6 Å². The van der Waals surface area contributed by atoms with Crippen LogP contribution >= 0.6 is 11.6 Å². The van der Waals surface area contributed by atoms with Gasteiger partial charge in [0.2, 0.25) is 5.91 Å². The van der Waals surface area contributed by atoms with Crippen LogP contribution in [0.4, 0.5) is 5.82 Å². The van der Waals surface area contributed by atoms with Crippen LogP contribution in [0.2, 0.25) is 5.02 Å². The molecule has 2 N–H and O–H groups in total. The van der Waals surface area contributed by atoms with E-state index < -0.39 is 11.5 Å². The van der Waals surface area contributed by atoms with Crippen molar-refractivity contribution < 1.29 is 14.7 Å². The van der Waals surface area contributed by atoms with Gasteiger partial charge in [0, 0.05) is 19.3 Å². The van der Waals surface area contributed by atoms with Crippen molar-refractivity contribution in [3.05, 3.63) is 22.8 Å². The highest BCUT2D eigenvalue weighted by Crippen LogP contribution is 2.27. The van der Waals surface area contributed by atoms with E-state index >= 15 is 0 Å². The van der Waals surface area contributed by atoms with Crippen molar-refractivity contribution in [2.45, 2.75) is 19.4 Å². The minimum Gasteiger partial charge on any atom is -0.478 e. The van der Waals surface area contributed by atoms with Gasteiger partial charge in [-0.15, -0.1) is 0 Å². The van der Waals surface area contributed by atoms with Gasteiger partial charge in [0.15, 0.2) is 0 Å². The Balaban J connectivity index is 2.44. The zero-order valence-electron chi connectivity index (χ0n) is 10.6. The number of halogens is 1. The van der Waals surface area contributed by atoms with Gasteiger partial charge < -0.3 is 15.3 Å². The van der Waals surface area contributed by atoms with E-state index in [-0.39, 0.29) is 16.5 Å². The van der Waals surface area contributed by atoms with Crippen molar-refractivity contribution in [3.8, 4) is 0 Å². The quantitative estimate of drug-likeness (QED) is 0.851. The SMILES string of the molecule is CC1(C)C(=O)NCCN1c1cc(C(=O)O)c(Cl)cn1. The molecule has 1 aliphatic heterocycles. The first-order valence-electron chi connectivity index (χ1n) is 5.79. The molecule has 0 bridgehead atoms. The first-order chi connectivity index (χ1) is 8.84. The first kappa shape index (κ1) is 13.6. The average Bonchev–Trinajstić information content (AvgIpc) is 2.33. The van der Waals surface area contributed by atoms with E-state index in [4.69, 9.17) is 16.7 Å². The molecule has 0 radical (unpaired) electrons. The van der Waals surface area contributed by atoms with Crippen molar-refractivity contribution in [3.63, 3.8) is 0 Å². The fourth-order valence-electron chi connectivity index (χ4n) is 2.04. The summed E-state index contributed by atoms with van der Waals surface area (Å²) in [5, 5.41) is 11.9. The molecule has 6 nitrogen and oxygen atoms in total. The normalized spacial score (nSPS) is 18.1. The number of carbonyl (C=O) groups is 2. The predicted molar refractivity (Wildman–Crippen MR) is 70.6 cm³/mol. The molecule has 2 heterocycles. The molecule has 0 atom stereocenters. The molecule has 1 fully saturated rings. The Morgan fingerprint density at radius 3 is 2.89 bits per heavy atom. The molecule has 0 saturated carbocycles. The Bertz CT molecular complexity index is 545. The third-order valence-electron chi connectivity index (χ3n) is 3.20. The van der Waals surface area contributed by atoms with E-state index in [1.165, 1.54) is 12.3 Å². The summed E-state index contributed by atoms with van der Waals surface area (Å²) in [6.07, 6.45) is 1.29. The number of rotatable bonds is 2. The Hall–Kier alpha value is -1.82. The Labute approximate surface area is 115 Å². The number of piperazine rings is 1. The summed E-state index contributed by atoms with van der Waals surface area (Å²) in [5.74, 6) is -0.804. The largest absolute Gasteiger partial charge is 0.478 e. The minimum absolute atomic E-state index is 0.0200. The Kier molecular flexibility index (Phi) is 3.36. The number of aromatic nitrogens is 1. The summed E-state index contributed by atoms with van der Waals surface area (Å²) in [7, 11) is 0. The number of nitrogens with one attached hydrogen (secondary N) is 1. The number of nitrogens with zero attached hydrogens (tertiary/aromatic N) is 2. The van der Waals surface area contributed by atoms with Gasteiger partial charge in [0.1, 0.15) is 11.4 Å². The Morgan fingerprint density at radius 2 is 2.26 bits per heavy atom. The van der Waals surface area contributed by atoms with Crippen LogP contribution in [0.5, 0.6) is 0 Å². The van der Waals surface area contributed by atoms with Crippen molar-refractivity contribution in [1.82, 2.24) is 10.3 Å². The second kappa shape index (κ2) is 4.70. The zero-order chi connectivity index (χ0) is 14.2. The minimum atomic E-state index is -1.12. The second-order valence-electron chi connectivity index (χ2n) is 4.79. The summed E-state index contributed by atoms with van der Waals surface area (Å²) in [6, 6.07) is 1.39. The lowest BCUT2D eigenvalue weighted by Crippen LogP contribution is -2.62. The van der Waals surface area contributed by atoms with Crippen LogP contribution in [-0.4, -0.2) is 40.6 Å². The fraction of sp³-hybridized carbons (Fsp3) is 0.417. The number of carbonyl (C=O) groups excluding carboxylic acids is 1. The molecule has 1 aliphatic rings. The van der Waals surface area contributed by atoms with Crippen LogP contribution in [-0.2, 0) is 4.79 Å². The van der Waals surface area contributed by atoms with E-state index in [0.29, 0.717) is 18.9 Å². The van der Waals surface area contributed by atoms with Gasteiger partial charge in [0.25, 0.3) is 0 Å². The van der Waals surface area contributed by atoms with Gasteiger partial charge in [-0.05, 0) is 19.9 Å². The molecule has 0 unspecified atom stereocenters. The van der Waals surface area contributed by atoms with Crippen LogP contribution in [0, 0.1) is 0 Å². The highest BCUT2D eigenvalue weighted by molar-refractivity contribution is 6.33. The van der Waals surface area contributed by atoms with E-state index in [0.717, 1.165) is 0 Å². The van der Waals surface area contributed by atoms with E-state index in [2.05, 4.69) is 10.3 Å². The molecular weight excluding hydrogens is 270 g/mol. The average molecular weight is 284 g/mol. The predicted octanol–water partition coefficient (Wildman–Crippen LogP) is 1.15. The number of amides is 1. The lowest BCUT2D eigenvalue weighted by Gasteiger charge is -2.42. The standard InChI is InChI=1S/C12H14ClN3O3/c1-12(2)11(19)14-3-4-16(12)9-5-7(10(17)18)8(13)6-15-9/h5-6H,3-4H2,1-2H3,(H,14,19)(H,17,18). The lowest BCUT2D eigenvalue weighted by atomic mass is 9.99. The molecule has 0 spiro atoms. The summed E-state index contributed by atoms with van der Waals surface area (Å²) in [5.41, 5.74) is -0.803. The maximum absolute atomic E-state index is 11.9. The summed E-state index contributed by atoms with van der Waals surface area (Å²) in [6.45, 7) is 4.58. The number of pyridine rings is 1. The molecule has 7 heteroatoms. The number of anilines is 1. The fourth-order valence-corrected chi connectivity index (χ4v) is 2.22. The van der Waals surface area contributed by atoms with Crippen molar-refractivity contribution in [2.75, 3.05) is 18.0 Å². The number of carboxylic acids is 1. The topological polar surface area (TPSA) is 82.5 Å². The molecule has 0 aromatic carbocycles. The van der Waals surface area contributed by atoms with E-state index in [1.54, 1.807) is 18.7 Å². The zero-order valence-corrected chi connectivity index (χ0v) is 11.4. The Morgan fingerprint density at radius 1 is 1.58 bits per heavy atom. The molecule has 19 heavy (non-hydrogen) atoms. The van der Waals surface area contributed by atoms with Crippen molar-refractivity contribution in [1.29, 1.82) is 0 Å². The highest BCUT2D eigenvalue weighted by atomic mass is 35.5. The summed E-state index contributed by atoms with van der Waals surface area (Å²) < 4.78 is 0. The molecule has 1 saturated heterocycles. The number of hydrogen-bond acceptors (Lipinski definition) is 4. The summed E-state index contributed by atoms with van der Waals surface area (Å²) >= 11 is 5.79. The van der Waals surface area contributed by atoms with Gasteiger partial charge in [-0.3, -0.25) is 4.79 Å². The third-order valence-corrected chi connectivity index (χ3v) is 3.50. The van der Waals surface area contributed by atoms with Gasteiger partial charge in [-0.25, -0.2) is 9.78 Å². The van der Waals surface area contributed by atoms with Crippen LogP contribution in [0.1, 0.15) is 24.2 Å². The van der Waals surface area contributed by atoms with Crippen molar-refractivity contribution >= 4 is 29.3 Å². The number of aromatic carboxylic acids is 1. The lowest BCUT2D eigenvalue weighted by molar-refractivity contribution is -0.126. The molecule has 1 amide bonds.